The second-order valence-electron chi connectivity index (χ2n) is 7.93. The maximum absolute atomic E-state index is 12.7. The Bertz CT molecular complexity index is 1370. The van der Waals surface area contributed by atoms with Gasteiger partial charge in [0, 0.05) is 52.7 Å². The Balaban J connectivity index is 1.44. The molecule has 4 rings (SSSR count). The normalized spacial score (nSPS) is 11.3. The van der Waals surface area contributed by atoms with Gasteiger partial charge in [-0.2, -0.15) is 0 Å². The van der Waals surface area contributed by atoms with Gasteiger partial charge in [0.15, 0.2) is 0 Å². The highest BCUT2D eigenvalue weighted by atomic mass is 16.6. The average molecular weight is 463 g/mol. The van der Waals surface area contributed by atoms with Crippen molar-refractivity contribution in [3.8, 4) is 0 Å². The minimum absolute atomic E-state index is 0.0377. The summed E-state index contributed by atoms with van der Waals surface area (Å²) in [5, 5.41) is 18.1. The van der Waals surface area contributed by atoms with Gasteiger partial charge in [0.1, 0.15) is 11.4 Å². The number of non-ortho nitro benzene ring substituents is 1. The number of carbonyl (C=O) groups is 2. The number of nitrogens with one attached hydrogen (secondary N) is 4. The molecule has 34 heavy (non-hydrogen) atoms. The van der Waals surface area contributed by atoms with Crippen LogP contribution in [0.15, 0.2) is 48.5 Å². The van der Waals surface area contributed by atoms with E-state index in [0.29, 0.717) is 28.8 Å². The van der Waals surface area contributed by atoms with Gasteiger partial charge in [-0.25, -0.2) is 0 Å². The van der Waals surface area contributed by atoms with Crippen molar-refractivity contribution in [2.75, 3.05) is 31.5 Å². The fourth-order valence-corrected chi connectivity index (χ4v) is 3.85. The Morgan fingerprint density at radius 3 is 2.18 bits per heavy atom. The fourth-order valence-electron chi connectivity index (χ4n) is 3.85. The number of aromatic nitrogens is 2. The molecular formula is C24H26N6O4. The molecule has 2 aromatic carbocycles. The fraction of sp³-hybridized carbons (Fsp3) is 0.250. The molecule has 4 N–H and O–H groups in total. The van der Waals surface area contributed by atoms with Gasteiger partial charge >= 0.3 is 0 Å². The summed E-state index contributed by atoms with van der Waals surface area (Å²) in [6.07, 6.45) is 0. The summed E-state index contributed by atoms with van der Waals surface area (Å²) in [6, 6.07) is 13.0. The summed E-state index contributed by atoms with van der Waals surface area (Å²) in [5.41, 5.74) is 2.69. The lowest BCUT2D eigenvalue weighted by atomic mass is 10.2. The van der Waals surface area contributed by atoms with E-state index < -0.39 is 4.92 Å². The summed E-state index contributed by atoms with van der Waals surface area (Å²) in [6.45, 7) is 7.39. The topological polar surface area (TPSA) is 136 Å². The van der Waals surface area contributed by atoms with E-state index >= 15 is 0 Å². The molecule has 4 aromatic rings. The first-order valence-corrected chi connectivity index (χ1v) is 11.1. The van der Waals surface area contributed by atoms with E-state index in [4.69, 9.17) is 0 Å². The summed E-state index contributed by atoms with van der Waals surface area (Å²) in [7, 11) is 0. The molecule has 10 heteroatoms. The van der Waals surface area contributed by atoms with Crippen LogP contribution in [-0.2, 0) is 0 Å². The standard InChI is InChI=1S/C24H26N6O4/c1-3-29(4-2)10-9-25-23(31)21-13-15-11-17(5-7-19(15)27-21)26-24(32)22-14-16-12-18(30(33)34)6-8-20(16)28-22/h5-8,11-14,27-28H,3-4,9-10H2,1-2H3,(H,25,31)(H,26,32). The van der Waals surface area contributed by atoms with Gasteiger partial charge in [-0.3, -0.25) is 19.7 Å². The van der Waals surface area contributed by atoms with Crippen LogP contribution < -0.4 is 10.6 Å². The number of nitrogens with zero attached hydrogens (tertiary/aromatic N) is 2. The van der Waals surface area contributed by atoms with Crippen molar-refractivity contribution in [1.29, 1.82) is 0 Å². The van der Waals surface area contributed by atoms with Crippen LogP contribution in [0.4, 0.5) is 11.4 Å². The van der Waals surface area contributed by atoms with Crippen LogP contribution in [0.1, 0.15) is 34.8 Å². The number of nitro benzene ring substituents is 1. The smallest absolute Gasteiger partial charge is 0.272 e. The molecule has 0 saturated heterocycles. The predicted octanol–water partition coefficient (Wildman–Crippen LogP) is 3.88. The molecule has 2 amide bonds. The van der Waals surface area contributed by atoms with Gasteiger partial charge in [0.05, 0.1) is 4.92 Å². The number of benzene rings is 2. The summed E-state index contributed by atoms with van der Waals surface area (Å²) in [4.78, 5) is 44.0. The average Bonchev–Trinajstić information content (AvgIpc) is 3.45. The first-order chi connectivity index (χ1) is 16.4. The molecule has 176 valence electrons. The van der Waals surface area contributed by atoms with Gasteiger partial charge in [-0.15, -0.1) is 0 Å². The third kappa shape index (κ3) is 4.91. The SMILES string of the molecule is CCN(CC)CCNC(=O)c1cc2cc(NC(=O)c3cc4cc([N+](=O)[O-])ccc4[nH]3)ccc2[nH]1. The van der Waals surface area contributed by atoms with Gasteiger partial charge in [0.25, 0.3) is 17.5 Å². The summed E-state index contributed by atoms with van der Waals surface area (Å²) >= 11 is 0. The zero-order valence-electron chi connectivity index (χ0n) is 19.0. The second-order valence-corrected chi connectivity index (χ2v) is 7.93. The van der Waals surface area contributed by atoms with E-state index in [1.807, 2.05) is 0 Å². The quantitative estimate of drug-likeness (QED) is 0.221. The molecule has 0 atom stereocenters. The number of rotatable bonds is 9. The van der Waals surface area contributed by atoms with E-state index in [-0.39, 0.29) is 23.2 Å². The van der Waals surface area contributed by atoms with E-state index in [1.165, 1.54) is 12.1 Å². The van der Waals surface area contributed by atoms with Crippen LogP contribution in [0, 0.1) is 10.1 Å². The van der Waals surface area contributed by atoms with E-state index in [2.05, 4.69) is 39.3 Å². The van der Waals surface area contributed by atoms with Crippen LogP contribution in [0.3, 0.4) is 0 Å². The van der Waals surface area contributed by atoms with Crippen LogP contribution in [0.25, 0.3) is 21.8 Å². The lowest BCUT2D eigenvalue weighted by Gasteiger charge is -2.17. The Morgan fingerprint density at radius 1 is 0.912 bits per heavy atom. The Labute approximate surface area is 195 Å². The molecular weight excluding hydrogens is 436 g/mol. The lowest BCUT2D eigenvalue weighted by Crippen LogP contribution is -2.34. The molecule has 0 bridgehead atoms. The molecule has 0 unspecified atom stereocenters. The number of hydrogen-bond acceptors (Lipinski definition) is 5. The van der Waals surface area contributed by atoms with E-state index in [0.717, 1.165) is 30.5 Å². The van der Waals surface area contributed by atoms with Crippen molar-refractivity contribution in [3.63, 3.8) is 0 Å². The molecule has 2 aromatic heterocycles. The van der Waals surface area contributed by atoms with Gasteiger partial charge in [-0.05, 0) is 49.5 Å². The van der Waals surface area contributed by atoms with Crippen molar-refractivity contribution in [1.82, 2.24) is 20.2 Å². The van der Waals surface area contributed by atoms with E-state index in [1.54, 1.807) is 36.4 Å². The van der Waals surface area contributed by atoms with Crippen LogP contribution in [0.2, 0.25) is 0 Å². The van der Waals surface area contributed by atoms with E-state index in [9.17, 15) is 19.7 Å². The molecule has 0 spiro atoms. The summed E-state index contributed by atoms with van der Waals surface area (Å²) < 4.78 is 0. The highest BCUT2D eigenvalue weighted by Crippen LogP contribution is 2.23. The number of likely N-dealkylation sites (N-methyl/N-ethyl adjacent to an activating group) is 1. The maximum Gasteiger partial charge on any atom is 0.272 e. The first-order valence-electron chi connectivity index (χ1n) is 11.1. The molecule has 0 aliphatic rings. The Kier molecular flexibility index (Phi) is 6.60. The van der Waals surface area contributed by atoms with Crippen LogP contribution >= 0.6 is 0 Å². The number of carbonyl (C=O) groups excluding carboxylic acids is 2. The Morgan fingerprint density at radius 2 is 1.53 bits per heavy atom. The molecule has 0 fully saturated rings. The molecule has 0 radical (unpaired) electrons. The zero-order chi connectivity index (χ0) is 24.2. The molecule has 0 aliphatic carbocycles. The number of nitro groups is 1. The molecule has 0 saturated carbocycles. The Hall–Kier alpha value is -4.18. The monoisotopic (exact) mass is 462 g/mol. The predicted molar refractivity (Wildman–Crippen MR) is 131 cm³/mol. The number of hydrogen-bond donors (Lipinski definition) is 4. The van der Waals surface area contributed by atoms with Gasteiger partial charge in [0.2, 0.25) is 0 Å². The van der Waals surface area contributed by atoms with Crippen LogP contribution in [0.5, 0.6) is 0 Å². The first kappa shape index (κ1) is 23.0. The minimum atomic E-state index is -0.474. The van der Waals surface area contributed by atoms with Crippen molar-refractivity contribution in [2.24, 2.45) is 0 Å². The number of amides is 2. The minimum Gasteiger partial charge on any atom is -0.351 e. The summed E-state index contributed by atoms with van der Waals surface area (Å²) in [5.74, 6) is -0.552. The lowest BCUT2D eigenvalue weighted by molar-refractivity contribution is -0.384. The van der Waals surface area contributed by atoms with Crippen LogP contribution in [-0.4, -0.2) is 57.8 Å². The van der Waals surface area contributed by atoms with Gasteiger partial charge < -0.3 is 25.5 Å². The molecule has 2 heterocycles. The zero-order valence-corrected chi connectivity index (χ0v) is 19.0. The van der Waals surface area contributed by atoms with Crippen molar-refractivity contribution >= 4 is 45.0 Å². The van der Waals surface area contributed by atoms with Crippen molar-refractivity contribution < 1.29 is 14.5 Å². The number of H-pyrrole nitrogens is 2. The highest BCUT2D eigenvalue weighted by Gasteiger charge is 2.14. The van der Waals surface area contributed by atoms with Gasteiger partial charge in [-0.1, -0.05) is 13.8 Å². The van der Waals surface area contributed by atoms with Crippen molar-refractivity contribution in [2.45, 2.75) is 13.8 Å². The maximum atomic E-state index is 12.7. The third-order valence-corrected chi connectivity index (χ3v) is 5.79. The largest absolute Gasteiger partial charge is 0.351 e. The molecule has 0 aliphatic heterocycles. The number of anilines is 1. The second kappa shape index (κ2) is 9.75. The third-order valence-electron chi connectivity index (χ3n) is 5.79. The molecule has 10 nitrogen and oxygen atoms in total. The van der Waals surface area contributed by atoms with Crippen molar-refractivity contribution in [3.05, 3.63) is 70.0 Å². The number of aromatic amines is 2. The highest BCUT2D eigenvalue weighted by molar-refractivity contribution is 6.07. The number of fused-ring (bicyclic) bond motifs is 2.